The molecule has 1 fully saturated rings. The first kappa shape index (κ1) is 18.5. The highest BCUT2D eigenvalue weighted by molar-refractivity contribution is 5.72. The molecule has 0 aliphatic carbocycles. The van der Waals surface area contributed by atoms with Gasteiger partial charge in [0.05, 0.1) is 12.0 Å². The molecule has 0 amide bonds. The van der Waals surface area contributed by atoms with E-state index >= 15 is 0 Å². The summed E-state index contributed by atoms with van der Waals surface area (Å²) in [6.07, 6.45) is 6.48. The van der Waals surface area contributed by atoms with Crippen LogP contribution >= 0.6 is 0 Å². The van der Waals surface area contributed by atoms with Gasteiger partial charge in [-0.05, 0) is 38.5 Å². The van der Waals surface area contributed by atoms with E-state index in [4.69, 9.17) is 9.47 Å². The molecule has 1 aliphatic rings. The molecular weight excluding hydrogens is 264 g/mol. The molecule has 0 saturated carbocycles. The molecule has 3 heteroatoms. The van der Waals surface area contributed by atoms with Gasteiger partial charge < -0.3 is 9.47 Å². The van der Waals surface area contributed by atoms with Gasteiger partial charge in [-0.15, -0.1) is 0 Å². The monoisotopic (exact) mass is 298 g/mol. The topological polar surface area (TPSA) is 35.5 Å². The van der Waals surface area contributed by atoms with Gasteiger partial charge in [0.15, 0.2) is 0 Å². The molecule has 1 saturated heterocycles. The summed E-state index contributed by atoms with van der Waals surface area (Å²) >= 11 is 0. The molecule has 0 aromatic carbocycles. The highest BCUT2D eigenvalue weighted by Gasteiger charge is 2.32. The van der Waals surface area contributed by atoms with Gasteiger partial charge in [-0.2, -0.15) is 0 Å². The fourth-order valence-electron chi connectivity index (χ4n) is 3.07. The van der Waals surface area contributed by atoms with Gasteiger partial charge in [0.1, 0.15) is 6.10 Å². The van der Waals surface area contributed by atoms with Crippen LogP contribution in [0.2, 0.25) is 0 Å². The number of cyclic esters (lactones) is 1. The Hall–Kier alpha value is -0.570. The van der Waals surface area contributed by atoms with E-state index in [1.54, 1.807) is 0 Å². The van der Waals surface area contributed by atoms with Crippen molar-refractivity contribution < 1.29 is 14.3 Å². The van der Waals surface area contributed by atoms with Crippen molar-refractivity contribution in [3.05, 3.63) is 0 Å². The number of rotatable bonds is 6. The molecule has 1 aliphatic heterocycles. The molecule has 124 valence electrons. The number of hydrogen-bond acceptors (Lipinski definition) is 3. The number of carbonyl (C=O) groups is 1. The number of esters is 1. The Balaban J connectivity index is 2.79. The first-order valence-corrected chi connectivity index (χ1v) is 8.77. The predicted octanol–water partition coefficient (Wildman–Crippen LogP) is 4.59. The second-order valence-corrected chi connectivity index (χ2v) is 7.02. The zero-order valence-electron chi connectivity index (χ0n) is 14.6. The quantitative estimate of drug-likeness (QED) is 0.673. The highest BCUT2D eigenvalue weighted by Crippen LogP contribution is 2.30. The first-order valence-electron chi connectivity index (χ1n) is 8.77. The van der Waals surface area contributed by atoms with Gasteiger partial charge in [-0.1, -0.05) is 40.5 Å². The van der Waals surface area contributed by atoms with E-state index in [1.165, 1.54) is 0 Å². The van der Waals surface area contributed by atoms with Crippen LogP contribution in [0, 0.1) is 17.8 Å². The number of carbonyl (C=O) groups excluding carboxylic acids is 1. The van der Waals surface area contributed by atoms with Gasteiger partial charge in [-0.3, -0.25) is 4.79 Å². The Labute approximate surface area is 130 Å². The van der Waals surface area contributed by atoms with E-state index in [-0.39, 0.29) is 24.1 Å². The molecule has 0 unspecified atom stereocenters. The summed E-state index contributed by atoms with van der Waals surface area (Å²) in [6, 6.07) is 0. The average Bonchev–Trinajstić information content (AvgIpc) is 2.46. The SMILES string of the molecule is CCCO[C@H]1CCC[C@H](C)C(=O)O[C@@H](C)[C@@H]1CCC(C)C. The van der Waals surface area contributed by atoms with Crippen LogP contribution in [-0.4, -0.2) is 24.8 Å². The Morgan fingerprint density at radius 3 is 2.62 bits per heavy atom. The minimum absolute atomic E-state index is 0.0168. The third kappa shape index (κ3) is 6.37. The number of ether oxygens (including phenoxy) is 2. The summed E-state index contributed by atoms with van der Waals surface area (Å²) in [7, 11) is 0. The lowest BCUT2D eigenvalue weighted by molar-refractivity contribution is -0.158. The van der Waals surface area contributed by atoms with Crippen LogP contribution in [0.15, 0.2) is 0 Å². The van der Waals surface area contributed by atoms with Gasteiger partial charge in [0.2, 0.25) is 0 Å². The fourth-order valence-corrected chi connectivity index (χ4v) is 3.07. The van der Waals surface area contributed by atoms with Crippen LogP contribution in [0.3, 0.4) is 0 Å². The molecule has 0 aromatic heterocycles. The van der Waals surface area contributed by atoms with Gasteiger partial charge in [-0.25, -0.2) is 0 Å². The molecule has 0 bridgehead atoms. The molecule has 1 rings (SSSR count). The van der Waals surface area contributed by atoms with Crippen molar-refractivity contribution in [2.24, 2.45) is 17.8 Å². The standard InChI is InChI=1S/C18H34O3/c1-6-12-20-17-9-7-8-14(4)18(19)21-15(5)16(17)11-10-13(2)3/h13-17H,6-12H2,1-5H3/t14-,15-,16-,17-/m0/s1. The van der Waals surface area contributed by atoms with Crippen LogP contribution < -0.4 is 0 Å². The Bertz CT molecular complexity index is 301. The van der Waals surface area contributed by atoms with Crippen molar-refractivity contribution in [3.63, 3.8) is 0 Å². The molecule has 3 nitrogen and oxygen atoms in total. The van der Waals surface area contributed by atoms with E-state index in [2.05, 4.69) is 20.8 Å². The molecule has 4 atom stereocenters. The Morgan fingerprint density at radius 1 is 1.29 bits per heavy atom. The molecule has 0 aromatic rings. The maximum atomic E-state index is 12.1. The summed E-state index contributed by atoms with van der Waals surface area (Å²) in [5.41, 5.74) is 0. The second-order valence-electron chi connectivity index (χ2n) is 7.02. The van der Waals surface area contributed by atoms with Gasteiger partial charge in [0, 0.05) is 12.5 Å². The molecule has 0 N–H and O–H groups in total. The third-order valence-electron chi connectivity index (χ3n) is 4.52. The lowest BCUT2D eigenvalue weighted by Gasteiger charge is -2.31. The fraction of sp³-hybridized carbons (Fsp3) is 0.944. The van der Waals surface area contributed by atoms with Gasteiger partial charge in [0.25, 0.3) is 0 Å². The maximum Gasteiger partial charge on any atom is 0.308 e. The highest BCUT2D eigenvalue weighted by atomic mass is 16.5. The largest absolute Gasteiger partial charge is 0.462 e. The normalized spacial score (nSPS) is 31.4. The second kappa shape index (κ2) is 9.45. The van der Waals surface area contributed by atoms with Crippen molar-refractivity contribution in [2.75, 3.05) is 6.61 Å². The van der Waals surface area contributed by atoms with E-state index in [0.29, 0.717) is 11.8 Å². The van der Waals surface area contributed by atoms with Crippen molar-refractivity contribution in [3.8, 4) is 0 Å². The zero-order chi connectivity index (χ0) is 15.8. The van der Waals surface area contributed by atoms with Crippen LogP contribution in [0.1, 0.15) is 73.1 Å². The van der Waals surface area contributed by atoms with E-state index < -0.39 is 0 Å². The first-order chi connectivity index (χ1) is 9.95. The summed E-state index contributed by atoms with van der Waals surface area (Å²) < 4.78 is 11.8. The van der Waals surface area contributed by atoms with E-state index in [9.17, 15) is 4.79 Å². The average molecular weight is 298 g/mol. The maximum absolute atomic E-state index is 12.1. The lowest BCUT2D eigenvalue weighted by atomic mass is 9.86. The van der Waals surface area contributed by atoms with Crippen molar-refractivity contribution in [1.29, 1.82) is 0 Å². The lowest BCUT2D eigenvalue weighted by Crippen LogP contribution is -2.35. The van der Waals surface area contributed by atoms with Crippen molar-refractivity contribution in [2.45, 2.75) is 85.4 Å². The predicted molar refractivity (Wildman–Crippen MR) is 86.2 cm³/mol. The van der Waals surface area contributed by atoms with Crippen LogP contribution in [0.25, 0.3) is 0 Å². The Kier molecular flexibility index (Phi) is 8.31. The van der Waals surface area contributed by atoms with Crippen molar-refractivity contribution >= 4 is 5.97 Å². The molecular formula is C18H34O3. The van der Waals surface area contributed by atoms with Crippen LogP contribution in [0.5, 0.6) is 0 Å². The molecule has 1 heterocycles. The number of hydrogen-bond donors (Lipinski definition) is 0. The van der Waals surface area contributed by atoms with Crippen LogP contribution in [0.4, 0.5) is 0 Å². The Morgan fingerprint density at radius 2 is 2.00 bits per heavy atom. The molecule has 0 spiro atoms. The molecule has 0 radical (unpaired) electrons. The zero-order valence-corrected chi connectivity index (χ0v) is 14.6. The minimum atomic E-state index is -0.0429. The van der Waals surface area contributed by atoms with E-state index in [0.717, 1.165) is 45.1 Å². The summed E-state index contributed by atoms with van der Waals surface area (Å²) in [4.78, 5) is 12.1. The summed E-state index contributed by atoms with van der Waals surface area (Å²) in [6.45, 7) is 11.5. The molecule has 21 heavy (non-hydrogen) atoms. The third-order valence-corrected chi connectivity index (χ3v) is 4.52. The summed E-state index contributed by atoms with van der Waals surface area (Å²) in [5.74, 6) is 0.982. The van der Waals surface area contributed by atoms with Crippen LogP contribution in [-0.2, 0) is 14.3 Å². The summed E-state index contributed by atoms with van der Waals surface area (Å²) in [5, 5.41) is 0. The van der Waals surface area contributed by atoms with Gasteiger partial charge >= 0.3 is 5.97 Å². The van der Waals surface area contributed by atoms with E-state index in [1.807, 2.05) is 13.8 Å². The minimum Gasteiger partial charge on any atom is -0.462 e. The smallest absolute Gasteiger partial charge is 0.308 e. The van der Waals surface area contributed by atoms with Crippen molar-refractivity contribution in [1.82, 2.24) is 0 Å².